The van der Waals surface area contributed by atoms with Crippen molar-refractivity contribution in [2.75, 3.05) is 6.61 Å². The lowest BCUT2D eigenvalue weighted by atomic mass is 9.79. The number of ether oxygens (including phenoxy) is 1. The van der Waals surface area contributed by atoms with Gasteiger partial charge in [0.15, 0.2) is 0 Å². The topological polar surface area (TPSA) is 49.7 Å². The largest absolute Gasteiger partial charge is 0.489 e. The number of benzene rings is 1. The summed E-state index contributed by atoms with van der Waals surface area (Å²) in [5, 5.41) is 18.3. The Morgan fingerprint density at radius 1 is 1.43 bits per heavy atom. The molecule has 1 saturated carbocycles. The second-order valence-corrected chi connectivity index (χ2v) is 6.35. The highest BCUT2D eigenvalue weighted by Crippen LogP contribution is 2.58. The van der Waals surface area contributed by atoms with Crippen LogP contribution < -0.4 is 10.2 Å². The van der Waals surface area contributed by atoms with E-state index in [1.165, 1.54) is 0 Å². The third-order valence-electron chi connectivity index (χ3n) is 4.72. The van der Waals surface area contributed by atoms with Gasteiger partial charge in [-0.3, -0.25) is 0 Å². The van der Waals surface area contributed by atoms with Crippen molar-refractivity contribution in [3.63, 3.8) is 0 Å². The van der Waals surface area contributed by atoms with Crippen molar-refractivity contribution in [2.45, 2.75) is 32.4 Å². The van der Waals surface area contributed by atoms with E-state index in [1.54, 1.807) is 18.2 Å². The molecule has 1 fully saturated rings. The van der Waals surface area contributed by atoms with Gasteiger partial charge in [0, 0.05) is 5.92 Å². The molecule has 1 aromatic rings. The number of hydrogen-bond acceptors (Lipinski definition) is 3. The monoisotopic (exact) mass is 290 g/mol. The molecule has 3 unspecified atom stereocenters. The van der Waals surface area contributed by atoms with Gasteiger partial charge >= 0.3 is 7.12 Å². The van der Waals surface area contributed by atoms with Crippen LogP contribution in [-0.4, -0.2) is 29.4 Å². The minimum Gasteiger partial charge on any atom is -0.489 e. The number of rotatable bonds is 4. The van der Waals surface area contributed by atoms with Crippen LogP contribution >= 0.6 is 0 Å². The van der Waals surface area contributed by atoms with Crippen LogP contribution in [0.1, 0.15) is 25.3 Å². The molecule has 3 nitrogen and oxygen atoms in total. The molecule has 1 aromatic carbocycles. The predicted octanol–water partition coefficient (Wildman–Crippen LogP) is 1.75. The zero-order valence-corrected chi connectivity index (χ0v) is 12.3. The molecule has 2 N–H and O–H groups in total. The van der Waals surface area contributed by atoms with Gasteiger partial charge in [0.05, 0.1) is 0 Å². The fourth-order valence-corrected chi connectivity index (χ4v) is 3.23. The van der Waals surface area contributed by atoms with Crippen molar-refractivity contribution >= 4 is 12.6 Å². The third kappa shape index (κ3) is 2.72. The van der Waals surface area contributed by atoms with Crippen molar-refractivity contribution in [3.8, 4) is 5.75 Å². The lowest BCUT2D eigenvalue weighted by molar-refractivity contribution is 0.187. The highest BCUT2D eigenvalue weighted by molar-refractivity contribution is 6.58. The summed E-state index contributed by atoms with van der Waals surface area (Å²) in [5.41, 5.74) is 1.50. The maximum Gasteiger partial charge on any atom is 0.488 e. The van der Waals surface area contributed by atoms with E-state index >= 15 is 0 Å². The van der Waals surface area contributed by atoms with E-state index < -0.39 is 12.8 Å². The second kappa shape index (κ2) is 5.14. The maximum atomic E-state index is 14.1. The Labute approximate surface area is 124 Å². The molecule has 0 radical (unpaired) electrons. The fraction of sp³-hybridized carbons (Fsp3) is 0.500. The van der Waals surface area contributed by atoms with Crippen LogP contribution in [-0.2, 0) is 0 Å². The Balaban J connectivity index is 1.65. The third-order valence-corrected chi connectivity index (χ3v) is 4.72. The highest BCUT2D eigenvalue weighted by Gasteiger charge is 2.59. The minimum atomic E-state index is -1.47. The molecule has 2 aliphatic carbocycles. The molecule has 3 rings (SSSR count). The van der Waals surface area contributed by atoms with E-state index in [9.17, 15) is 4.39 Å². The van der Waals surface area contributed by atoms with E-state index in [2.05, 4.69) is 0 Å². The Morgan fingerprint density at radius 3 is 2.81 bits per heavy atom. The first kappa shape index (κ1) is 14.6. The van der Waals surface area contributed by atoms with Gasteiger partial charge in [0.25, 0.3) is 0 Å². The molecular weight excluding hydrogens is 270 g/mol. The van der Waals surface area contributed by atoms with Crippen LogP contribution in [0.25, 0.3) is 0 Å². The minimum absolute atomic E-state index is 0.0686. The van der Waals surface area contributed by atoms with Crippen molar-refractivity contribution in [2.24, 2.45) is 11.8 Å². The van der Waals surface area contributed by atoms with Crippen LogP contribution in [0.15, 0.2) is 29.8 Å². The normalized spacial score (nSPS) is 30.4. The van der Waals surface area contributed by atoms with E-state index in [0.29, 0.717) is 18.5 Å². The molecule has 0 heterocycles. The Morgan fingerprint density at radius 2 is 2.19 bits per heavy atom. The summed E-state index contributed by atoms with van der Waals surface area (Å²) in [6, 6.07) is 5.08. The fourth-order valence-electron chi connectivity index (χ4n) is 3.23. The first-order chi connectivity index (χ1) is 9.90. The molecule has 3 atom stereocenters. The summed E-state index contributed by atoms with van der Waals surface area (Å²) in [4.78, 5) is 0. The number of allylic oxidation sites excluding steroid dienone is 1. The lowest BCUT2D eigenvalue weighted by Crippen LogP contribution is -2.29. The first-order valence-corrected chi connectivity index (χ1v) is 7.38. The number of hydrogen-bond donors (Lipinski definition) is 2. The van der Waals surface area contributed by atoms with Crippen LogP contribution in [0.5, 0.6) is 5.75 Å². The molecule has 0 amide bonds. The van der Waals surface area contributed by atoms with Crippen molar-refractivity contribution < 1.29 is 19.2 Å². The van der Waals surface area contributed by atoms with Crippen LogP contribution in [0, 0.1) is 18.8 Å². The van der Waals surface area contributed by atoms with E-state index in [-0.39, 0.29) is 11.8 Å². The molecule has 2 aliphatic rings. The van der Waals surface area contributed by atoms with Crippen LogP contribution in [0.3, 0.4) is 0 Å². The molecule has 5 heteroatoms. The van der Waals surface area contributed by atoms with Gasteiger partial charge in [-0.25, -0.2) is 4.39 Å². The summed E-state index contributed by atoms with van der Waals surface area (Å²) >= 11 is 0. The molecule has 112 valence electrons. The van der Waals surface area contributed by atoms with Gasteiger partial charge in [-0.1, -0.05) is 25.1 Å². The molecule has 21 heavy (non-hydrogen) atoms. The quantitative estimate of drug-likeness (QED) is 0.656. The van der Waals surface area contributed by atoms with Crippen molar-refractivity contribution in [1.29, 1.82) is 0 Å². The first-order valence-electron chi connectivity index (χ1n) is 7.38. The van der Waals surface area contributed by atoms with E-state index in [4.69, 9.17) is 14.8 Å². The predicted molar refractivity (Wildman–Crippen MR) is 80.3 cm³/mol. The number of aryl methyl sites for hydroxylation is 1. The summed E-state index contributed by atoms with van der Waals surface area (Å²) in [5.74, 6) is 0.868. The van der Waals surface area contributed by atoms with Gasteiger partial charge in [0.2, 0.25) is 0 Å². The second-order valence-electron chi connectivity index (χ2n) is 6.35. The molecule has 0 spiro atoms. The Bertz CT molecular complexity index is 587. The average molecular weight is 290 g/mol. The molecule has 0 saturated heterocycles. The van der Waals surface area contributed by atoms with Gasteiger partial charge in [0.1, 0.15) is 18.0 Å². The van der Waals surface area contributed by atoms with E-state index in [0.717, 1.165) is 23.3 Å². The molecule has 0 bridgehead atoms. The maximum absolute atomic E-state index is 14.1. The van der Waals surface area contributed by atoms with Crippen LogP contribution in [0.2, 0.25) is 0 Å². The molecule has 0 aliphatic heterocycles. The van der Waals surface area contributed by atoms with Crippen molar-refractivity contribution in [1.82, 2.24) is 0 Å². The van der Waals surface area contributed by atoms with Crippen molar-refractivity contribution in [3.05, 3.63) is 35.4 Å². The number of fused-ring (bicyclic) bond motifs is 1. The standard InChI is InChI=1S/C16H20BFO3/c1-10-5-14(17(19)20)3-4-15(10)21-9-12-6-11(2)16(18)8-13(16)7-12/h3-5,7,11,13,19-20H,6,8-9H2,1-2H3. The average Bonchev–Trinajstić information content (AvgIpc) is 3.10. The Hall–Kier alpha value is -1.33. The van der Waals surface area contributed by atoms with Gasteiger partial charge in [-0.15, -0.1) is 0 Å². The zero-order valence-electron chi connectivity index (χ0n) is 12.3. The smallest absolute Gasteiger partial charge is 0.488 e. The number of halogens is 1. The SMILES string of the molecule is Cc1cc(B(O)O)ccc1OCC1=CC2CC2(F)C(C)C1. The summed E-state index contributed by atoms with van der Waals surface area (Å²) in [6.07, 6.45) is 3.43. The lowest BCUT2D eigenvalue weighted by Gasteiger charge is -2.23. The number of alkyl halides is 1. The highest BCUT2D eigenvalue weighted by atomic mass is 19.1. The molecule has 0 aromatic heterocycles. The summed E-state index contributed by atoms with van der Waals surface area (Å²) in [6.45, 7) is 4.31. The zero-order chi connectivity index (χ0) is 15.2. The summed E-state index contributed by atoms with van der Waals surface area (Å²) < 4.78 is 19.9. The van der Waals surface area contributed by atoms with Gasteiger partial charge < -0.3 is 14.8 Å². The van der Waals surface area contributed by atoms with Gasteiger partial charge in [-0.05, 0) is 48.3 Å². The molecular formula is C16H20BFO3. The van der Waals surface area contributed by atoms with Crippen LogP contribution in [0.4, 0.5) is 4.39 Å². The summed E-state index contributed by atoms with van der Waals surface area (Å²) in [7, 11) is -1.47. The van der Waals surface area contributed by atoms with E-state index in [1.807, 2.05) is 19.9 Å². The van der Waals surface area contributed by atoms with Gasteiger partial charge in [-0.2, -0.15) is 0 Å². The Kier molecular flexibility index (Phi) is 3.58.